The van der Waals surface area contributed by atoms with Gasteiger partial charge in [-0.05, 0) is 12.5 Å². The maximum absolute atomic E-state index is 5.53. The molecular formula is C12H15O2. The van der Waals surface area contributed by atoms with E-state index in [1.807, 2.05) is 0 Å². The topological polar surface area (TPSA) is 18.5 Å². The maximum Gasteiger partial charge on any atom is 0.0884 e. The normalized spacial score (nSPS) is 22.2. The second-order valence-corrected chi connectivity index (χ2v) is 3.56. The lowest BCUT2D eigenvalue weighted by Crippen LogP contribution is -2.29. The summed E-state index contributed by atoms with van der Waals surface area (Å²) in [5.74, 6) is 0. The third-order valence-electron chi connectivity index (χ3n) is 2.30. The molecule has 0 saturated carbocycles. The molecule has 1 atom stereocenters. The maximum atomic E-state index is 5.53. The van der Waals surface area contributed by atoms with Crippen molar-refractivity contribution in [2.75, 3.05) is 19.8 Å². The molecule has 2 heteroatoms. The first-order chi connectivity index (χ1) is 6.84. The average Bonchev–Trinajstić information content (AvgIpc) is 2.23. The van der Waals surface area contributed by atoms with Gasteiger partial charge in [0.25, 0.3) is 0 Å². The van der Waals surface area contributed by atoms with Gasteiger partial charge < -0.3 is 9.47 Å². The van der Waals surface area contributed by atoms with Crippen LogP contribution in [0.2, 0.25) is 0 Å². The Morgan fingerprint density at radius 1 is 1.21 bits per heavy atom. The standard InChI is InChI=1S/C12H15O2/c1-10-2-4-11(5-3-10)8-12-9-13-6-7-14-12/h2-5,8,12H,6-7,9H2,1H3. The molecule has 0 N–H and O–H groups in total. The fraction of sp³-hybridized carbons (Fsp3) is 0.417. The number of hydrogen-bond acceptors (Lipinski definition) is 2. The highest BCUT2D eigenvalue weighted by Crippen LogP contribution is 2.12. The van der Waals surface area contributed by atoms with Crippen LogP contribution in [0.3, 0.4) is 0 Å². The Balaban J connectivity index is 1.92. The van der Waals surface area contributed by atoms with E-state index in [1.54, 1.807) is 0 Å². The summed E-state index contributed by atoms with van der Waals surface area (Å²) >= 11 is 0. The summed E-state index contributed by atoms with van der Waals surface area (Å²) in [6.07, 6.45) is 2.23. The lowest BCUT2D eigenvalue weighted by molar-refractivity contribution is -0.0727. The highest BCUT2D eigenvalue weighted by Gasteiger charge is 2.14. The van der Waals surface area contributed by atoms with E-state index in [2.05, 4.69) is 37.6 Å². The van der Waals surface area contributed by atoms with Crippen LogP contribution < -0.4 is 0 Å². The van der Waals surface area contributed by atoms with Crippen molar-refractivity contribution in [1.29, 1.82) is 0 Å². The van der Waals surface area contributed by atoms with Gasteiger partial charge in [-0.1, -0.05) is 29.8 Å². The van der Waals surface area contributed by atoms with Crippen LogP contribution >= 0.6 is 0 Å². The van der Waals surface area contributed by atoms with Gasteiger partial charge in [-0.3, -0.25) is 0 Å². The second kappa shape index (κ2) is 4.58. The monoisotopic (exact) mass is 191 g/mol. The molecule has 2 rings (SSSR count). The van der Waals surface area contributed by atoms with Gasteiger partial charge in [0, 0.05) is 6.42 Å². The Bertz CT molecular complexity index is 273. The molecule has 1 unspecified atom stereocenters. The molecule has 75 valence electrons. The van der Waals surface area contributed by atoms with Crippen molar-refractivity contribution in [1.82, 2.24) is 0 Å². The molecule has 1 radical (unpaired) electrons. The Morgan fingerprint density at radius 3 is 2.64 bits per heavy atom. The predicted molar refractivity (Wildman–Crippen MR) is 55.1 cm³/mol. The molecule has 1 aromatic carbocycles. The summed E-state index contributed by atoms with van der Waals surface area (Å²) in [4.78, 5) is 0. The van der Waals surface area contributed by atoms with E-state index in [9.17, 15) is 0 Å². The van der Waals surface area contributed by atoms with Gasteiger partial charge in [0.05, 0.1) is 25.9 Å². The average molecular weight is 191 g/mol. The van der Waals surface area contributed by atoms with E-state index in [4.69, 9.17) is 9.47 Å². The molecule has 0 spiro atoms. The van der Waals surface area contributed by atoms with Crippen LogP contribution in [0.5, 0.6) is 0 Å². The SMILES string of the molecule is Cc1ccc([CH]C2COCCO2)cc1. The first-order valence-corrected chi connectivity index (χ1v) is 4.95. The third kappa shape index (κ3) is 2.56. The number of hydrogen-bond donors (Lipinski definition) is 0. The van der Waals surface area contributed by atoms with Crippen molar-refractivity contribution in [3.8, 4) is 0 Å². The van der Waals surface area contributed by atoms with Crippen molar-refractivity contribution in [3.05, 3.63) is 41.8 Å². The van der Waals surface area contributed by atoms with Crippen LogP contribution in [0.15, 0.2) is 24.3 Å². The van der Waals surface area contributed by atoms with Gasteiger partial charge in [0.15, 0.2) is 0 Å². The van der Waals surface area contributed by atoms with Crippen LogP contribution in [0, 0.1) is 13.3 Å². The molecule has 14 heavy (non-hydrogen) atoms. The molecule has 1 aliphatic rings. The van der Waals surface area contributed by atoms with E-state index >= 15 is 0 Å². The smallest absolute Gasteiger partial charge is 0.0884 e. The largest absolute Gasteiger partial charge is 0.376 e. The van der Waals surface area contributed by atoms with Crippen molar-refractivity contribution < 1.29 is 9.47 Å². The lowest BCUT2D eigenvalue weighted by atomic mass is 10.1. The summed E-state index contributed by atoms with van der Waals surface area (Å²) in [6, 6.07) is 8.42. The molecule has 1 aromatic rings. The van der Waals surface area contributed by atoms with Gasteiger partial charge in [0.2, 0.25) is 0 Å². The molecule has 0 bridgehead atoms. The first kappa shape index (κ1) is 9.69. The Labute approximate surface area is 84.8 Å². The first-order valence-electron chi connectivity index (χ1n) is 4.95. The number of benzene rings is 1. The number of rotatable bonds is 2. The molecule has 1 aliphatic heterocycles. The van der Waals surface area contributed by atoms with Crippen LogP contribution in [0.1, 0.15) is 11.1 Å². The minimum absolute atomic E-state index is 0.117. The fourth-order valence-electron chi connectivity index (χ4n) is 1.49. The highest BCUT2D eigenvalue weighted by molar-refractivity contribution is 5.28. The van der Waals surface area contributed by atoms with E-state index in [0.717, 1.165) is 6.61 Å². The number of ether oxygens (including phenoxy) is 2. The van der Waals surface area contributed by atoms with Crippen molar-refractivity contribution in [2.24, 2.45) is 0 Å². The van der Waals surface area contributed by atoms with Crippen LogP contribution in [0.4, 0.5) is 0 Å². The zero-order valence-electron chi connectivity index (χ0n) is 8.40. The van der Waals surface area contributed by atoms with Crippen molar-refractivity contribution in [2.45, 2.75) is 13.0 Å². The molecule has 0 aliphatic carbocycles. The summed E-state index contributed by atoms with van der Waals surface area (Å²) in [5.41, 5.74) is 2.48. The second-order valence-electron chi connectivity index (χ2n) is 3.56. The van der Waals surface area contributed by atoms with Crippen molar-refractivity contribution in [3.63, 3.8) is 0 Å². The van der Waals surface area contributed by atoms with E-state index in [0.29, 0.717) is 13.2 Å². The van der Waals surface area contributed by atoms with E-state index in [1.165, 1.54) is 11.1 Å². The minimum Gasteiger partial charge on any atom is -0.376 e. The van der Waals surface area contributed by atoms with E-state index in [-0.39, 0.29) is 6.10 Å². The molecule has 1 fully saturated rings. The zero-order valence-corrected chi connectivity index (χ0v) is 8.40. The predicted octanol–water partition coefficient (Wildman–Crippen LogP) is 1.96. The third-order valence-corrected chi connectivity index (χ3v) is 2.30. The zero-order chi connectivity index (χ0) is 9.80. The lowest BCUT2D eigenvalue weighted by Gasteiger charge is -2.22. The van der Waals surface area contributed by atoms with Gasteiger partial charge in [-0.2, -0.15) is 0 Å². The molecule has 0 aromatic heterocycles. The van der Waals surface area contributed by atoms with Crippen molar-refractivity contribution >= 4 is 0 Å². The van der Waals surface area contributed by atoms with E-state index < -0.39 is 0 Å². The molecule has 1 heterocycles. The van der Waals surface area contributed by atoms with Gasteiger partial charge in [-0.15, -0.1) is 0 Å². The van der Waals surface area contributed by atoms with Crippen LogP contribution in [-0.2, 0) is 9.47 Å². The number of aryl methyl sites for hydroxylation is 1. The Kier molecular flexibility index (Phi) is 3.17. The summed E-state index contributed by atoms with van der Waals surface area (Å²) < 4.78 is 10.9. The summed E-state index contributed by atoms with van der Waals surface area (Å²) in [6.45, 7) is 4.18. The molecular weight excluding hydrogens is 176 g/mol. The molecule has 0 amide bonds. The quantitative estimate of drug-likeness (QED) is 0.711. The van der Waals surface area contributed by atoms with Crippen LogP contribution in [0.25, 0.3) is 0 Å². The van der Waals surface area contributed by atoms with Gasteiger partial charge in [0.1, 0.15) is 0 Å². The summed E-state index contributed by atoms with van der Waals surface area (Å²) in [7, 11) is 0. The van der Waals surface area contributed by atoms with Crippen LogP contribution in [-0.4, -0.2) is 25.9 Å². The fourth-order valence-corrected chi connectivity index (χ4v) is 1.49. The minimum atomic E-state index is 0.117. The summed E-state index contributed by atoms with van der Waals surface area (Å²) in [5, 5.41) is 0. The molecule has 1 saturated heterocycles. The van der Waals surface area contributed by atoms with Gasteiger partial charge in [-0.25, -0.2) is 0 Å². The van der Waals surface area contributed by atoms with Gasteiger partial charge >= 0.3 is 0 Å². The Hall–Kier alpha value is -0.860. The molecule has 2 nitrogen and oxygen atoms in total. The highest BCUT2D eigenvalue weighted by atomic mass is 16.6. The Morgan fingerprint density at radius 2 is 2.00 bits per heavy atom.